The molecule has 0 aromatic rings. The Hall–Kier alpha value is -2.37. The van der Waals surface area contributed by atoms with E-state index in [-0.39, 0.29) is 25.0 Å². The molecule has 0 amide bonds. The summed E-state index contributed by atoms with van der Waals surface area (Å²) in [5.41, 5.74) is -3.15. The quantitative estimate of drug-likeness (QED) is 0.186. The maximum Gasteiger partial charge on any atom is 0.311 e. The summed E-state index contributed by atoms with van der Waals surface area (Å²) in [6, 6.07) is -0.245. The summed E-state index contributed by atoms with van der Waals surface area (Å²) in [4.78, 5) is 40.2. The first-order chi connectivity index (χ1) is 25.5. The highest BCUT2D eigenvalue weighted by Crippen LogP contribution is 2.47. The molecule has 4 heterocycles. The van der Waals surface area contributed by atoms with Gasteiger partial charge in [0.05, 0.1) is 36.4 Å². The Morgan fingerprint density at radius 3 is 2.24 bits per heavy atom. The highest BCUT2D eigenvalue weighted by atomic mass is 16.7. The zero-order chi connectivity index (χ0) is 41.4. The van der Waals surface area contributed by atoms with E-state index in [4.69, 9.17) is 42.6 Å². The second-order valence-corrected chi connectivity index (χ2v) is 17.1. The Morgan fingerprint density at radius 1 is 1.02 bits per heavy atom. The molecule has 4 aliphatic heterocycles. The first-order valence-electron chi connectivity index (χ1n) is 19.6. The Labute approximate surface area is 326 Å². The van der Waals surface area contributed by atoms with Gasteiger partial charge in [0.1, 0.15) is 34.8 Å². The number of carbonyl (C=O) groups excluding carboxylic acids is 3. The Bertz CT molecular complexity index is 1390. The Morgan fingerprint density at radius 2 is 1.67 bits per heavy atom. The van der Waals surface area contributed by atoms with Crippen LogP contribution in [0.2, 0.25) is 0 Å². The summed E-state index contributed by atoms with van der Waals surface area (Å²) in [5.74, 6) is -3.02. The lowest BCUT2D eigenvalue weighted by Gasteiger charge is -2.49. The molecule has 2 bridgehead atoms. The van der Waals surface area contributed by atoms with E-state index < -0.39 is 102 Å². The number of fused-ring (bicyclic) bond motifs is 2. The van der Waals surface area contributed by atoms with Gasteiger partial charge in [-0.3, -0.25) is 14.4 Å². The van der Waals surface area contributed by atoms with Gasteiger partial charge in [-0.05, 0) is 81.0 Å². The van der Waals surface area contributed by atoms with Crippen LogP contribution >= 0.6 is 0 Å². The lowest BCUT2D eigenvalue weighted by Crippen LogP contribution is -2.61. The number of aliphatic hydroxyl groups is 2. The van der Waals surface area contributed by atoms with Crippen molar-refractivity contribution in [1.29, 1.82) is 0 Å². The van der Waals surface area contributed by atoms with Crippen LogP contribution in [0, 0.1) is 17.8 Å². The van der Waals surface area contributed by atoms with Crippen LogP contribution < -0.4 is 0 Å². The van der Waals surface area contributed by atoms with Gasteiger partial charge < -0.3 is 57.7 Å². The number of hydrogen-bond acceptors (Lipinski definition) is 15. The van der Waals surface area contributed by atoms with Gasteiger partial charge >= 0.3 is 11.9 Å². The molecule has 0 aromatic carbocycles. The standard InChI is InChI=1S/C40H67NO14/c1-15-28-40(11,46)33(44)22(4)30-20(2)17-39(10,55-30)34(54-37-32(51-26(8)43)27(41(12)13)16-21(3)49-37)23(5)31(24(6)36(45)52-28)53-29-18-38(9,47-14)35(48-19-42)25(7)50-29/h19,21-25,27-29,31-35,37,44,46H,15-18H2,1-14H3/t21?,22-,23?,24?,25?,27?,28?,29+,31?,32-,33-,34-,35+,37?,38-,39+,40-/m1/s1. The topological polar surface area (TPSA) is 178 Å². The monoisotopic (exact) mass is 785 g/mol. The largest absolute Gasteiger partial charge is 0.489 e. The van der Waals surface area contributed by atoms with Crippen molar-refractivity contribution < 1.29 is 67.2 Å². The van der Waals surface area contributed by atoms with Gasteiger partial charge in [-0.2, -0.15) is 0 Å². The van der Waals surface area contributed by atoms with Gasteiger partial charge in [0.25, 0.3) is 6.47 Å². The number of aliphatic hydroxyl groups excluding tert-OH is 1. The molecule has 3 fully saturated rings. The van der Waals surface area contributed by atoms with Crippen molar-refractivity contribution in [3.8, 4) is 0 Å². The van der Waals surface area contributed by atoms with Crippen LogP contribution in [0.25, 0.3) is 0 Å². The molecule has 3 saturated heterocycles. The summed E-state index contributed by atoms with van der Waals surface area (Å²) in [7, 11) is 5.33. The molecule has 15 heteroatoms. The highest BCUT2D eigenvalue weighted by Gasteiger charge is 2.57. The van der Waals surface area contributed by atoms with Crippen molar-refractivity contribution in [3.63, 3.8) is 0 Å². The van der Waals surface area contributed by atoms with Gasteiger partial charge in [0.2, 0.25) is 0 Å². The zero-order valence-corrected chi connectivity index (χ0v) is 35.2. The first-order valence-corrected chi connectivity index (χ1v) is 19.6. The molecule has 55 heavy (non-hydrogen) atoms. The van der Waals surface area contributed by atoms with Crippen LogP contribution in [-0.4, -0.2) is 139 Å². The van der Waals surface area contributed by atoms with Gasteiger partial charge in [0, 0.05) is 38.7 Å². The second-order valence-electron chi connectivity index (χ2n) is 17.1. The van der Waals surface area contributed by atoms with E-state index in [2.05, 4.69) is 0 Å². The van der Waals surface area contributed by atoms with Crippen LogP contribution in [-0.2, 0) is 57.0 Å². The molecule has 4 rings (SSSR count). The molecule has 0 aliphatic carbocycles. The van der Waals surface area contributed by atoms with E-state index >= 15 is 0 Å². The molecular weight excluding hydrogens is 718 g/mol. The summed E-state index contributed by atoms with van der Waals surface area (Å²) in [5, 5.41) is 23.6. The molecule has 0 aromatic heterocycles. The fourth-order valence-electron chi connectivity index (χ4n) is 9.33. The molecule has 0 spiro atoms. The third kappa shape index (κ3) is 9.35. The summed E-state index contributed by atoms with van der Waals surface area (Å²) >= 11 is 0. The summed E-state index contributed by atoms with van der Waals surface area (Å²) in [6.07, 6.45) is -7.49. The van der Waals surface area contributed by atoms with Gasteiger partial charge in [0.15, 0.2) is 24.8 Å². The van der Waals surface area contributed by atoms with Gasteiger partial charge in [-0.1, -0.05) is 20.8 Å². The summed E-state index contributed by atoms with van der Waals surface area (Å²) in [6.45, 7) is 19.6. The number of esters is 2. The third-order valence-electron chi connectivity index (χ3n) is 12.4. The maximum atomic E-state index is 14.3. The van der Waals surface area contributed by atoms with Crippen molar-refractivity contribution in [2.75, 3.05) is 21.2 Å². The minimum absolute atomic E-state index is 0.139. The molecule has 0 saturated carbocycles. The molecule has 15 nitrogen and oxygen atoms in total. The van der Waals surface area contributed by atoms with Crippen molar-refractivity contribution in [2.45, 2.75) is 186 Å². The summed E-state index contributed by atoms with van der Waals surface area (Å²) < 4.78 is 56.8. The van der Waals surface area contributed by atoms with E-state index in [1.54, 1.807) is 34.6 Å². The number of methoxy groups -OCH3 is 1. The molecule has 2 N–H and O–H groups in total. The lowest BCUT2D eigenvalue weighted by molar-refractivity contribution is -0.317. The number of cyclic esters (lactones) is 1. The average molecular weight is 786 g/mol. The fraction of sp³-hybridized carbons (Fsp3) is 0.875. The number of likely N-dealkylation sites (N-methyl/N-ethyl adjacent to an activating group) is 1. The molecular formula is C40H67NO14. The van der Waals surface area contributed by atoms with E-state index in [1.807, 2.05) is 46.7 Å². The number of carbonyl (C=O) groups is 3. The molecule has 17 atom stereocenters. The number of nitrogens with zero attached hydrogens (tertiary/aromatic N) is 1. The fourth-order valence-corrected chi connectivity index (χ4v) is 9.33. The lowest BCUT2D eigenvalue weighted by atomic mass is 9.78. The molecule has 4 aliphatic rings. The number of ether oxygens (including phenoxy) is 9. The second kappa shape index (κ2) is 17.6. The number of hydrogen-bond donors (Lipinski definition) is 2. The zero-order valence-electron chi connectivity index (χ0n) is 35.2. The molecule has 0 radical (unpaired) electrons. The van der Waals surface area contributed by atoms with Crippen LogP contribution in [0.3, 0.4) is 0 Å². The van der Waals surface area contributed by atoms with E-state index in [0.717, 1.165) is 5.57 Å². The molecule has 8 unspecified atom stereocenters. The first kappa shape index (κ1) is 45.3. The average Bonchev–Trinajstić information content (AvgIpc) is 3.42. The minimum Gasteiger partial charge on any atom is -0.489 e. The van der Waals surface area contributed by atoms with Crippen molar-refractivity contribution >= 4 is 18.4 Å². The van der Waals surface area contributed by atoms with Crippen LogP contribution in [0.4, 0.5) is 0 Å². The van der Waals surface area contributed by atoms with Crippen molar-refractivity contribution in [1.82, 2.24) is 4.90 Å². The van der Waals surface area contributed by atoms with Gasteiger partial charge in [-0.15, -0.1) is 0 Å². The van der Waals surface area contributed by atoms with E-state index in [9.17, 15) is 24.6 Å². The third-order valence-corrected chi connectivity index (χ3v) is 12.4. The predicted octanol–water partition coefficient (Wildman–Crippen LogP) is 3.64. The Balaban J connectivity index is 1.88. The van der Waals surface area contributed by atoms with Crippen LogP contribution in [0.1, 0.15) is 102 Å². The predicted molar refractivity (Wildman–Crippen MR) is 198 cm³/mol. The van der Waals surface area contributed by atoms with Crippen LogP contribution in [0.5, 0.6) is 0 Å². The maximum absolute atomic E-state index is 14.3. The normalized spacial score (nSPS) is 45.8. The van der Waals surface area contributed by atoms with Crippen molar-refractivity contribution in [3.05, 3.63) is 11.3 Å². The SMILES string of the molecule is CCC1OC(=O)C(C)C(O[C@H]2C[C@@](C)(OC)[C@@H](OC=O)C(C)O2)C(C)[C@@H](OC2OC(C)CC(N(C)C)[C@H]2OC(C)=O)[C@]2(C)CC(C)=C(O2)[C@@H](C)[C@@H](O)[C@]1(C)O. The van der Waals surface area contributed by atoms with Crippen molar-refractivity contribution in [2.24, 2.45) is 17.8 Å². The van der Waals surface area contributed by atoms with Gasteiger partial charge in [-0.25, -0.2) is 0 Å². The molecule has 316 valence electrons. The van der Waals surface area contributed by atoms with E-state index in [0.29, 0.717) is 25.1 Å². The van der Waals surface area contributed by atoms with E-state index in [1.165, 1.54) is 21.0 Å². The Kier molecular flexibility index (Phi) is 14.5. The minimum atomic E-state index is -1.86. The van der Waals surface area contributed by atoms with Crippen LogP contribution in [0.15, 0.2) is 11.3 Å². The smallest absolute Gasteiger partial charge is 0.311 e. The number of rotatable bonds is 10. The highest BCUT2D eigenvalue weighted by molar-refractivity contribution is 5.73.